The molecule has 7 rings (SSSR count). The second-order valence-electron chi connectivity index (χ2n) is 12.8. The molecule has 4 heterocycles. The molecule has 230 valence electrons. The van der Waals surface area contributed by atoms with E-state index in [1.807, 2.05) is 35.5 Å². The lowest BCUT2D eigenvalue weighted by atomic mass is 9.86. The Bertz CT molecular complexity index is 1830. The number of fused-ring (bicyclic) bond motifs is 1. The summed E-state index contributed by atoms with van der Waals surface area (Å²) in [6.45, 7) is 5.57. The molecule has 0 atom stereocenters. The number of nitrogens with one attached hydrogen (secondary N) is 1. The summed E-state index contributed by atoms with van der Waals surface area (Å²) in [5, 5.41) is 3.79. The molecule has 0 radical (unpaired) electrons. The molecule has 6 nitrogen and oxygen atoms in total. The van der Waals surface area contributed by atoms with E-state index in [1.165, 1.54) is 11.1 Å². The van der Waals surface area contributed by atoms with Crippen LogP contribution < -0.4 is 16.0 Å². The van der Waals surface area contributed by atoms with Gasteiger partial charge in [-0.1, -0.05) is 29.8 Å². The van der Waals surface area contributed by atoms with E-state index < -0.39 is 5.92 Å². The molecule has 4 aliphatic rings. The summed E-state index contributed by atoms with van der Waals surface area (Å²) < 4.78 is 27.8. The fourth-order valence-corrected chi connectivity index (χ4v) is 6.93. The third-order valence-corrected chi connectivity index (χ3v) is 9.14. The van der Waals surface area contributed by atoms with Crippen molar-refractivity contribution < 1.29 is 8.78 Å². The van der Waals surface area contributed by atoms with Crippen molar-refractivity contribution in [1.29, 1.82) is 0 Å². The van der Waals surface area contributed by atoms with Gasteiger partial charge in [-0.15, -0.1) is 0 Å². The highest BCUT2D eigenvalue weighted by Crippen LogP contribution is 2.40. The summed E-state index contributed by atoms with van der Waals surface area (Å²) in [6, 6.07) is 17.0. The smallest absolute Gasteiger partial charge is 0.261 e. The molecule has 1 aliphatic carbocycles. The Labute approximate surface area is 263 Å². The molecule has 0 unspecified atom stereocenters. The van der Waals surface area contributed by atoms with Gasteiger partial charge in [-0.05, 0) is 95.6 Å². The molecule has 0 spiro atoms. The van der Waals surface area contributed by atoms with Crippen LogP contribution >= 0.6 is 0 Å². The first-order valence-corrected chi connectivity index (χ1v) is 15.5. The predicted octanol–water partition coefficient (Wildman–Crippen LogP) is 6.95. The number of aliphatic imine (C=N–C) groups is 1. The van der Waals surface area contributed by atoms with E-state index in [2.05, 4.69) is 78.6 Å². The maximum Gasteiger partial charge on any atom is 0.261 e. The van der Waals surface area contributed by atoms with Crippen LogP contribution in [0.5, 0.6) is 0 Å². The maximum atomic E-state index is 13.9. The van der Waals surface area contributed by atoms with Gasteiger partial charge < -0.3 is 16.0 Å². The summed E-state index contributed by atoms with van der Waals surface area (Å²) in [5.74, 6) is -2.60. The number of benzene rings is 2. The Kier molecular flexibility index (Phi) is 7.40. The summed E-state index contributed by atoms with van der Waals surface area (Å²) in [4.78, 5) is 13.3. The van der Waals surface area contributed by atoms with Crippen LogP contribution in [-0.4, -0.2) is 48.3 Å². The monoisotopic (exact) mass is 604 g/mol. The molecule has 1 saturated heterocycles. The molecule has 1 aromatic heterocycles. The van der Waals surface area contributed by atoms with Crippen molar-refractivity contribution in [3.8, 4) is 11.1 Å². The SMILES string of the molecule is CC1=C(C2=NCN(C)c3ccc(-c4cc(C)cc(CN5CCC(F)(F)C5)c4)cc32)NC2=C(C1)C(c1ccncc1)=CC=C(N)C2. The maximum absolute atomic E-state index is 13.9. The number of nitrogens with two attached hydrogens (primary N) is 1. The largest absolute Gasteiger partial charge is 0.402 e. The predicted molar refractivity (Wildman–Crippen MR) is 178 cm³/mol. The van der Waals surface area contributed by atoms with E-state index in [1.54, 1.807) is 0 Å². The van der Waals surface area contributed by atoms with Gasteiger partial charge in [-0.25, -0.2) is 8.78 Å². The molecule has 1 fully saturated rings. The third kappa shape index (κ3) is 5.82. The number of likely N-dealkylation sites (tertiary alicyclic amines) is 1. The first-order chi connectivity index (χ1) is 21.6. The van der Waals surface area contributed by atoms with Crippen molar-refractivity contribution in [3.05, 3.63) is 124 Å². The Balaban J connectivity index is 1.22. The highest BCUT2D eigenvalue weighted by atomic mass is 19.3. The van der Waals surface area contributed by atoms with Crippen LogP contribution in [0.3, 0.4) is 0 Å². The minimum absolute atomic E-state index is 0.0714. The number of hydrogen-bond donors (Lipinski definition) is 2. The summed E-state index contributed by atoms with van der Waals surface area (Å²) in [7, 11) is 2.06. The highest BCUT2D eigenvalue weighted by molar-refractivity contribution is 6.17. The fourth-order valence-electron chi connectivity index (χ4n) is 6.93. The number of aromatic nitrogens is 1. The Hall–Kier alpha value is -4.56. The van der Waals surface area contributed by atoms with E-state index in [4.69, 9.17) is 10.7 Å². The lowest BCUT2D eigenvalue weighted by Crippen LogP contribution is -2.33. The van der Waals surface area contributed by atoms with E-state index in [0.717, 1.165) is 73.9 Å². The zero-order valence-corrected chi connectivity index (χ0v) is 26.0. The van der Waals surface area contributed by atoms with Crippen molar-refractivity contribution >= 4 is 17.0 Å². The van der Waals surface area contributed by atoms with E-state index in [0.29, 0.717) is 26.2 Å². The van der Waals surface area contributed by atoms with Crippen molar-refractivity contribution in [1.82, 2.24) is 15.2 Å². The van der Waals surface area contributed by atoms with Gasteiger partial charge >= 0.3 is 0 Å². The molecule has 0 bridgehead atoms. The first kappa shape index (κ1) is 29.2. The summed E-state index contributed by atoms with van der Waals surface area (Å²) in [6.07, 6.45) is 9.11. The van der Waals surface area contributed by atoms with Crippen molar-refractivity contribution in [2.75, 3.05) is 31.7 Å². The van der Waals surface area contributed by atoms with Crippen LogP contribution in [0.25, 0.3) is 16.7 Å². The van der Waals surface area contributed by atoms with Gasteiger partial charge in [0, 0.05) is 68.0 Å². The van der Waals surface area contributed by atoms with E-state index in [-0.39, 0.29) is 13.0 Å². The summed E-state index contributed by atoms with van der Waals surface area (Å²) in [5.41, 5.74) is 21.6. The van der Waals surface area contributed by atoms with Gasteiger partial charge in [0.1, 0.15) is 6.67 Å². The quantitative estimate of drug-likeness (QED) is 0.330. The normalized spacial score (nSPS) is 19.8. The lowest BCUT2D eigenvalue weighted by Gasteiger charge is -2.32. The van der Waals surface area contributed by atoms with Crippen LogP contribution in [0, 0.1) is 6.92 Å². The Morgan fingerprint density at radius 1 is 0.956 bits per heavy atom. The van der Waals surface area contributed by atoms with E-state index in [9.17, 15) is 8.78 Å². The van der Waals surface area contributed by atoms with E-state index >= 15 is 0 Å². The number of alkyl halides is 2. The Morgan fingerprint density at radius 3 is 2.56 bits per heavy atom. The third-order valence-electron chi connectivity index (χ3n) is 9.14. The summed E-state index contributed by atoms with van der Waals surface area (Å²) >= 11 is 0. The number of pyridine rings is 1. The molecule has 2 aromatic carbocycles. The standard InChI is InChI=1S/C37H38F2N6/c1-23-14-25(20-45-13-10-37(38,39)21-45)17-28(15-23)27-4-7-34-32(18-27)36(42-22-44(34)3)35-24(2)16-31-30(26-8-11-41-12-9-26)6-5-29(40)19-33(31)43-35/h4-9,11-12,14-15,17-18,43H,10,13,16,19-22,40H2,1-3H3. The number of nitrogens with zero attached hydrogens (tertiary/aromatic N) is 4. The van der Waals surface area contributed by atoms with Crippen molar-refractivity contribution in [2.24, 2.45) is 10.7 Å². The number of dihydropyridines is 1. The van der Waals surface area contributed by atoms with Crippen LogP contribution in [0.2, 0.25) is 0 Å². The molecule has 8 heteroatoms. The molecular formula is C37H38F2N6. The van der Waals surface area contributed by atoms with Gasteiger partial charge in [0.25, 0.3) is 5.92 Å². The zero-order chi connectivity index (χ0) is 31.3. The molecule has 3 aromatic rings. The highest BCUT2D eigenvalue weighted by Gasteiger charge is 2.38. The fraction of sp³-hybridized carbons (Fsp3) is 0.297. The van der Waals surface area contributed by atoms with Crippen LogP contribution in [0.15, 0.2) is 106 Å². The minimum Gasteiger partial charge on any atom is -0.402 e. The molecule has 0 amide bonds. The number of hydrogen-bond acceptors (Lipinski definition) is 6. The second kappa shape index (κ2) is 11.4. The van der Waals surface area contributed by atoms with Gasteiger partial charge in [-0.3, -0.25) is 14.9 Å². The minimum atomic E-state index is -2.60. The van der Waals surface area contributed by atoms with Crippen molar-refractivity contribution in [3.63, 3.8) is 0 Å². The number of rotatable bonds is 5. The van der Waals surface area contributed by atoms with Gasteiger partial charge in [0.05, 0.1) is 18.0 Å². The van der Waals surface area contributed by atoms with Crippen molar-refractivity contribution in [2.45, 2.75) is 45.6 Å². The molecule has 3 aliphatic heterocycles. The Morgan fingerprint density at radius 2 is 1.78 bits per heavy atom. The molecule has 45 heavy (non-hydrogen) atoms. The lowest BCUT2D eigenvalue weighted by molar-refractivity contribution is 0.0115. The average Bonchev–Trinajstić information content (AvgIpc) is 3.27. The van der Waals surface area contributed by atoms with Gasteiger partial charge in [0.2, 0.25) is 0 Å². The first-order valence-electron chi connectivity index (χ1n) is 15.5. The van der Waals surface area contributed by atoms with Crippen LogP contribution in [0.1, 0.15) is 48.4 Å². The number of anilines is 1. The molecule has 3 N–H and O–H groups in total. The second-order valence-corrected chi connectivity index (χ2v) is 12.8. The zero-order valence-electron chi connectivity index (χ0n) is 26.0. The molecule has 0 saturated carbocycles. The number of halogens is 2. The number of aryl methyl sites for hydroxylation is 1. The number of allylic oxidation sites excluding steroid dienone is 6. The topological polar surface area (TPSA) is 69.8 Å². The van der Waals surface area contributed by atoms with Gasteiger partial charge in [-0.2, -0.15) is 0 Å². The van der Waals surface area contributed by atoms with Crippen LogP contribution in [0.4, 0.5) is 14.5 Å². The van der Waals surface area contributed by atoms with Gasteiger partial charge in [0.15, 0.2) is 0 Å². The van der Waals surface area contributed by atoms with Crippen LogP contribution in [-0.2, 0) is 6.54 Å². The average molecular weight is 605 g/mol. The molecular weight excluding hydrogens is 566 g/mol.